The molecule has 1 heterocycles. The summed E-state index contributed by atoms with van der Waals surface area (Å²) in [6.45, 7) is 2.39. The van der Waals surface area contributed by atoms with Crippen LogP contribution in [0, 0.1) is 0 Å². The van der Waals surface area contributed by atoms with Crippen molar-refractivity contribution in [2.24, 2.45) is 0 Å². The number of aryl methyl sites for hydroxylation is 1. The summed E-state index contributed by atoms with van der Waals surface area (Å²) >= 11 is 0. The van der Waals surface area contributed by atoms with Crippen LogP contribution in [0.4, 0.5) is 4.79 Å². The third-order valence-electron chi connectivity index (χ3n) is 4.81. The fraction of sp³-hybridized carbons (Fsp3) is 0.238. The number of carbonyl (C=O) groups is 1. The number of rotatable bonds is 7. The summed E-state index contributed by atoms with van der Waals surface area (Å²) in [7, 11) is 0. The molecule has 1 amide bonds. The highest BCUT2D eigenvalue weighted by Gasteiger charge is 2.38. The van der Waals surface area contributed by atoms with E-state index in [0.29, 0.717) is 13.0 Å². The number of aromatic amines is 1. The van der Waals surface area contributed by atoms with Gasteiger partial charge in [-0.1, -0.05) is 60.7 Å². The van der Waals surface area contributed by atoms with Gasteiger partial charge in [-0.3, -0.25) is 4.90 Å². The highest BCUT2D eigenvalue weighted by atomic mass is 16.4. The molecule has 0 spiro atoms. The molecule has 26 heavy (non-hydrogen) atoms. The van der Waals surface area contributed by atoms with Gasteiger partial charge < -0.3 is 10.1 Å². The van der Waals surface area contributed by atoms with Crippen molar-refractivity contribution in [3.8, 4) is 0 Å². The maximum Gasteiger partial charge on any atom is 0.408 e. The largest absolute Gasteiger partial charge is 0.465 e. The van der Waals surface area contributed by atoms with Crippen molar-refractivity contribution >= 4 is 6.09 Å². The molecule has 0 saturated heterocycles. The Balaban J connectivity index is 1.93. The van der Waals surface area contributed by atoms with E-state index in [2.05, 4.69) is 9.97 Å². The third-order valence-corrected chi connectivity index (χ3v) is 4.81. The van der Waals surface area contributed by atoms with E-state index >= 15 is 0 Å². The lowest BCUT2D eigenvalue weighted by Crippen LogP contribution is -2.48. The number of aromatic nitrogens is 2. The lowest BCUT2D eigenvalue weighted by molar-refractivity contribution is 0.0996. The van der Waals surface area contributed by atoms with Crippen LogP contribution in [-0.2, 0) is 12.0 Å². The van der Waals surface area contributed by atoms with Crippen LogP contribution in [0.5, 0.6) is 0 Å². The molecule has 0 radical (unpaired) electrons. The van der Waals surface area contributed by atoms with E-state index in [1.165, 1.54) is 4.90 Å². The Labute approximate surface area is 153 Å². The van der Waals surface area contributed by atoms with Crippen LogP contribution in [0.15, 0.2) is 73.2 Å². The number of amides is 1. The topological polar surface area (TPSA) is 69.2 Å². The second-order valence-electron chi connectivity index (χ2n) is 6.40. The van der Waals surface area contributed by atoms with Gasteiger partial charge >= 0.3 is 6.09 Å². The van der Waals surface area contributed by atoms with Crippen molar-refractivity contribution in [3.63, 3.8) is 0 Å². The standard InChI is InChI=1S/C21H23N3O2/c1-21(17-9-4-2-5-10-17,18-11-6-3-7-12-18)24(20(25)26)14-8-13-19-15-22-16-23-19/h2-7,9-12,15-16H,8,13-14H2,1H3,(H,22,23)(H,25,26). The first-order valence-corrected chi connectivity index (χ1v) is 8.71. The van der Waals surface area contributed by atoms with E-state index in [4.69, 9.17) is 0 Å². The van der Waals surface area contributed by atoms with Gasteiger partial charge in [-0.15, -0.1) is 0 Å². The van der Waals surface area contributed by atoms with Gasteiger partial charge in [-0.25, -0.2) is 9.78 Å². The Morgan fingerprint density at radius 1 is 1.08 bits per heavy atom. The molecule has 5 nitrogen and oxygen atoms in total. The van der Waals surface area contributed by atoms with Crippen LogP contribution in [-0.4, -0.2) is 32.6 Å². The molecule has 1 aromatic heterocycles. The second-order valence-corrected chi connectivity index (χ2v) is 6.40. The minimum absolute atomic E-state index is 0.419. The van der Waals surface area contributed by atoms with E-state index in [1.54, 1.807) is 6.33 Å². The lowest BCUT2D eigenvalue weighted by Gasteiger charge is -2.40. The van der Waals surface area contributed by atoms with E-state index in [-0.39, 0.29) is 0 Å². The van der Waals surface area contributed by atoms with Crippen LogP contribution in [0.2, 0.25) is 0 Å². The summed E-state index contributed by atoms with van der Waals surface area (Å²) in [5.74, 6) is 0. The number of benzene rings is 2. The molecule has 0 aliphatic carbocycles. The quantitative estimate of drug-likeness (QED) is 0.669. The maximum atomic E-state index is 12.2. The van der Waals surface area contributed by atoms with Gasteiger partial charge in [0, 0.05) is 12.7 Å². The van der Waals surface area contributed by atoms with Crippen molar-refractivity contribution in [1.82, 2.24) is 14.9 Å². The molecule has 0 saturated carbocycles. The van der Waals surface area contributed by atoms with Gasteiger partial charge in [-0.05, 0) is 30.9 Å². The smallest absolute Gasteiger partial charge is 0.408 e. The minimum Gasteiger partial charge on any atom is -0.465 e. The van der Waals surface area contributed by atoms with Gasteiger partial charge in [-0.2, -0.15) is 0 Å². The predicted molar refractivity (Wildman–Crippen MR) is 101 cm³/mol. The first kappa shape index (κ1) is 17.7. The number of imidazole rings is 1. The molecule has 3 aromatic rings. The average Bonchev–Trinajstić information content (AvgIpc) is 3.19. The first-order valence-electron chi connectivity index (χ1n) is 8.71. The molecular weight excluding hydrogens is 326 g/mol. The SMILES string of the molecule is CC(c1ccccc1)(c1ccccc1)N(CCCc1c[nH]cn1)C(=O)O. The summed E-state index contributed by atoms with van der Waals surface area (Å²) in [6.07, 6.45) is 3.99. The second kappa shape index (κ2) is 7.87. The number of carboxylic acid groups (broad SMARTS) is 1. The number of hydrogen-bond donors (Lipinski definition) is 2. The minimum atomic E-state index is -0.928. The monoisotopic (exact) mass is 349 g/mol. The molecule has 0 aliphatic rings. The molecule has 2 N–H and O–H groups in total. The molecule has 3 rings (SSSR count). The maximum absolute atomic E-state index is 12.2. The molecule has 0 aliphatic heterocycles. The van der Waals surface area contributed by atoms with Gasteiger partial charge in [0.1, 0.15) is 0 Å². The fourth-order valence-electron chi connectivity index (χ4n) is 3.36. The highest BCUT2D eigenvalue weighted by Crippen LogP contribution is 2.36. The van der Waals surface area contributed by atoms with Crippen LogP contribution in [0.25, 0.3) is 0 Å². The zero-order valence-corrected chi connectivity index (χ0v) is 14.8. The molecular formula is C21H23N3O2. The van der Waals surface area contributed by atoms with E-state index < -0.39 is 11.6 Å². The van der Waals surface area contributed by atoms with E-state index in [9.17, 15) is 9.90 Å². The van der Waals surface area contributed by atoms with Crippen LogP contribution in [0.3, 0.4) is 0 Å². The molecule has 0 atom stereocenters. The Kier molecular flexibility index (Phi) is 5.37. The van der Waals surface area contributed by atoms with E-state index in [1.807, 2.05) is 73.8 Å². The zero-order chi connectivity index (χ0) is 18.4. The Bertz CT molecular complexity index is 777. The molecule has 5 heteroatoms. The molecule has 2 aromatic carbocycles. The zero-order valence-electron chi connectivity index (χ0n) is 14.8. The molecule has 0 bridgehead atoms. The number of H-pyrrole nitrogens is 1. The van der Waals surface area contributed by atoms with Crippen LogP contribution in [0.1, 0.15) is 30.2 Å². The Hall–Kier alpha value is -3.08. The van der Waals surface area contributed by atoms with Crippen molar-refractivity contribution in [2.75, 3.05) is 6.54 Å². The number of nitrogens with one attached hydrogen (secondary N) is 1. The van der Waals surface area contributed by atoms with Crippen LogP contribution >= 0.6 is 0 Å². The molecule has 134 valence electrons. The number of hydrogen-bond acceptors (Lipinski definition) is 2. The van der Waals surface area contributed by atoms with Crippen LogP contribution < -0.4 is 0 Å². The summed E-state index contributed by atoms with van der Waals surface area (Å²) in [5, 5.41) is 9.99. The van der Waals surface area contributed by atoms with Gasteiger partial charge in [0.25, 0.3) is 0 Å². The van der Waals surface area contributed by atoms with Gasteiger partial charge in [0.15, 0.2) is 0 Å². The van der Waals surface area contributed by atoms with E-state index in [0.717, 1.165) is 23.2 Å². The van der Waals surface area contributed by atoms with Crippen molar-refractivity contribution < 1.29 is 9.90 Å². The van der Waals surface area contributed by atoms with Gasteiger partial charge in [0.2, 0.25) is 0 Å². The number of nitrogens with zero attached hydrogens (tertiary/aromatic N) is 2. The summed E-state index contributed by atoms with van der Waals surface area (Å²) in [4.78, 5) is 20.9. The van der Waals surface area contributed by atoms with Gasteiger partial charge in [0.05, 0.1) is 17.6 Å². The first-order chi connectivity index (χ1) is 12.6. The highest BCUT2D eigenvalue weighted by molar-refractivity contribution is 5.68. The van der Waals surface area contributed by atoms with Crippen molar-refractivity contribution in [3.05, 3.63) is 90.0 Å². The average molecular weight is 349 g/mol. The summed E-state index contributed by atoms with van der Waals surface area (Å²) in [5.41, 5.74) is 2.08. The van der Waals surface area contributed by atoms with Crippen molar-refractivity contribution in [1.29, 1.82) is 0 Å². The predicted octanol–water partition coefficient (Wildman–Crippen LogP) is 4.29. The van der Waals surface area contributed by atoms with Crippen molar-refractivity contribution in [2.45, 2.75) is 25.3 Å². The summed E-state index contributed by atoms with van der Waals surface area (Å²) in [6, 6.07) is 19.6. The fourth-order valence-corrected chi connectivity index (χ4v) is 3.36. The normalized spacial score (nSPS) is 11.3. The third kappa shape index (κ3) is 3.61. The Morgan fingerprint density at radius 3 is 2.12 bits per heavy atom. The molecule has 0 unspecified atom stereocenters. The molecule has 0 fully saturated rings. The summed E-state index contributed by atoms with van der Waals surface area (Å²) < 4.78 is 0. The lowest BCUT2D eigenvalue weighted by atomic mass is 9.83. The Morgan fingerprint density at radius 2 is 1.65 bits per heavy atom.